The van der Waals surface area contributed by atoms with Gasteiger partial charge < -0.3 is 136 Å². The van der Waals surface area contributed by atoms with Crippen LogP contribution < -0.4 is 31.9 Å². The van der Waals surface area contributed by atoms with Gasteiger partial charge in [-0.25, -0.2) is 47.9 Å². The van der Waals surface area contributed by atoms with Crippen LogP contribution in [-0.4, -0.2) is 410 Å². The monoisotopic (exact) mass is 1620 g/mol. The van der Waals surface area contributed by atoms with Crippen molar-refractivity contribution in [2.24, 2.45) is 0 Å². The topological polar surface area (TPSA) is 490 Å². The zero-order chi connectivity index (χ0) is 82.2. The van der Waals surface area contributed by atoms with Crippen LogP contribution in [0.25, 0.3) is 0 Å². The van der Waals surface area contributed by atoms with Crippen LogP contribution in [0.2, 0.25) is 0 Å². The van der Waals surface area contributed by atoms with Crippen molar-refractivity contribution >= 4 is 72.0 Å². The largest absolute Gasteiger partial charge is 0.463 e. The number of carbonyl (C=O) groups excluding carboxylic acids is 12. The van der Waals surface area contributed by atoms with E-state index in [1.54, 1.807) is 21.7 Å². The highest BCUT2D eigenvalue weighted by Gasteiger charge is 2.18. The molecule has 6 amide bonds. The van der Waals surface area contributed by atoms with E-state index in [4.69, 9.17) is 104 Å². The zero-order valence-corrected chi connectivity index (χ0v) is 66.0. The van der Waals surface area contributed by atoms with E-state index >= 15 is 0 Å². The van der Waals surface area contributed by atoms with Crippen molar-refractivity contribution < 1.29 is 162 Å². The minimum absolute atomic E-state index is 0.0385. The van der Waals surface area contributed by atoms with Crippen molar-refractivity contribution in [3.8, 4) is 0 Å². The van der Waals surface area contributed by atoms with Crippen LogP contribution in [0.15, 0.2) is 0 Å². The number of alkyl carbamates (subject to hydrolysis) is 4. The Kier molecular flexibility index (Phi) is 73.1. The van der Waals surface area contributed by atoms with Crippen LogP contribution >= 0.6 is 0 Å². The Balaban J connectivity index is 4.55. The normalized spacial score (nSPS) is 11.0. The van der Waals surface area contributed by atoms with Gasteiger partial charge in [-0.05, 0) is 32.7 Å². The van der Waals surface area contributed by atoms with Crippen molar-refractivity contribution in [1.82, 2.24) is 46.6 Å². The lowest BCUT2D eigenvalue weighted by Crippen LogP contribution is -2.41. The van der Waals surface area contributed by atoms with Crippen LogP contribution in [-0.2, 0) is 143 Å². The predicted octanol–water partition coefficient (Wildman–Crippen LogP) is -2.24. The summed E-state index contributed by atoms with van der Waals surface area (Å²) in [6.45, 7) is 10.6. The van der Waals surface area contributed by atoms with Gasteiger partial charge in [0.15, 0.2) is 0 Å². The summed E-state index contributed by atoms with van der Waals surface area (Å²) < 4.78 is 115. The van der Waals surface area contributed by atoms with E-state index in [9.17, 15) is 57.5 Å². The molecule has 0 heterocycles. The molecule has 43 heteroatoms. The summed E-state index contributed by atoms with van der Waals surface area (Å²) in [6, 6.07) is 0. The molecule has 6 N–H and O–H groups in total. The summed E-state index contributed by atoms with van der Waals surface area (Å²) in [5.74, 6) is -4.65. The molecular weight excluding hydrogens is 1500 g/mol. The Morgan fingerprint density at radius 1 is 0.214 bits per heavy atom. The fourth-order valence-electron chi connectivity index (χ4n) is 7.87. The van der Waals surface area contributed by atoms with Crippen LogP contribution in [0.3, 0.4) is 0 Å². The Morgan fingerprint density at radius 3 is 0.607 bits per heavy atom. The van der Waals surface area contributed by atoms with Gasteiger partial charge in [0, 0.05) is 78.5 Å². The molecule has 0 fully saturated rings. The molecule has 0 aliphatic carbocycles. The molecule has 43 nitrogen and oxygen atoms in total. The first-order valence-electron chi connectivity index (χ1n) is 37.6. The minimum atomic E-state index is -0.659. The first kappa shape index (κ1) is 104. The second kappa shape index (κ2) is 78.5. The van der Waals surface area contributed by atoms with Gasteiger partial charge >= 0.3 is 60.2 Å². The minimum Gasteiger partial charge on any atom is -0.463 e. The molecule has 0 radical (unpaired) electrons. The number of nitrogens with zero attached hydrogens (tertiary/aromatic N) is 3. The molecule has 112 heavy (non-hydrogen) atoms. The SMILES string of the molecule is CCCOC(=O)NCCOCCOCC(=O)OCCN(CCOC(=O)COCCOCCNC(=O)OCCC)CC(=O)NCCOCCOCC(=O)OCCN(C)CCOC(=O)COCCOCCNC(=O)CN(CCOC(=O)COCCOCCNC(=O)OCCC)CCOC(=O)COCCOCCNC(=O)OCCC. The van der Waals surface area contributed by atoms with Crippen molar-refractivity contribution in [2.75, 3.05) is 323 Å². The van der Waals surface area contributed by atoms with E-state index in [0.717, 1.165) is 0 Å². The Bertz CT molecular complexity index is 2180. The Hall–Kier alpha value is -7.76. The van der Waals surface area contributed by atoms with Gasteiger partial charge in [0.05, 0.1) is 158 Å². The molecule has 0 aliphatic heterocycles. The molecule has 0 atom stereocenters. The second-order valence-electron chi connectivity index (χ2n) is 23.1. The highest BCUT2D eigenvalue weighted by molar-refractivity contribution is 5.78. The first-order chi connectivity index (χ1) is 54.4. The lowest BCUT2D eigenvalue weighted by molar-refractivity contribution is -0.152. The van der Waals surface area contributed by atoms with E-state index in [1.165, 1.54) is 0 Å². The maximum absolute atomic E-state index is 12.9. The van der Waals surface area contributed by atoms with Gasteiger partial charge in [0.25, 0.3) is 0 Å². The standard InChI is InChI=1S/C69H125N9O34/c1-6-22-109-66(87)72-12-28-93-40-46-99-54-62(83)105-34-18-77(19-35-106-63(84)55-100-47-41-94-29-13-73-67(88)110-23-7-2)50-58(79)70-10-26-91-38-44-97-52-60(81)103-32-16-76(5)17-33-104-61(82)53-98-45-39-92-27-11-71-59(80)51-78(20-36-107-64(85)56-101-48-42-95-30-14-74-68(89)111-24-8-3)21-37-108-65(86)57-102-49-43-96-31-15-75-69(90)112-25-9-4/h6-57H2,1-5H3,(H,70,79)(H,71,80)(H,72,87)(H,73,88)(H,74,89)(H,75,90). The zero-order valence-electron chi connectivity index (χ0n) is 66.0. The third-order valence-electron chi connectivity index (χ3n) is 13.4. The number of hydrogen-bond donors (Lipinski definition) is 6. The van der Waals surface area contributed by atoms with Crippen molar-refractivity contribution in [3.05, 3.63) is 0 Å². The second-order valence-corrected chi connectivity index (χ2v) is 23.1. The summed E-state index contributed by atoms with van der Waals surface area (Å²) >= 11 is 0. The molecule has 0 bridgehead atoms. The van der Waals surface area contributed by atoms with E-state index in [1.807, 2.05) is 27.7 Å². The third kappa shape index (κ3) is 75.0. The number of esters is 6. The summed E-state index contributed by atoms with van der Waals surface area (Å²) in [5.41, 5.74) is 0. The van der Waals surface area contributed by atoms with Crippen LogP contribution in [0.5, 0.6) is 0 Å². The molecule has 0 rings (SSSR count). The third-order valence-corrected chi connectivity index (χ3v) is 13.4. The molecule has 0 aromatic carbocycles. The number of rotatable bonds is 78. The predicted molar refractivity (Wildman–Crippen MR) is 391 cm³/mol. The fraction of sp³-hybridized carbons (Fsp3) is 0.826. The summed E-state index contributed by atoms with van der Waals surface area (Å²) in [4.78, 5) is 151. The molecular formula is C69H125N9O34. The summed E-state index contributed by atoms with van der Waals surface area (Å²) in [7, 11) is 1.74. The lowest BCUT2D eigenvalue weighted by atomic mass is 10.4. The van der Waals surface area contributed by atoms with Crippen molar-refractivity contribution in [1.29, 1.82) is 0 Å². The number of likely N-dealkylation sites (N-methyl/N-ethyl adjacent to an activating group) is 1. The fourth-order valence-corrected chi connectivity index (χ4v) is 7.87. The molecule has 0 aromatic rings. The first-order valence-corrected chi connectivity index (χ1v) is 37.6. The van der Waals surface area contributed by atoms with E-state index in [-0.39, 0.29) is 277 Å². The lowest BCUT2D eigenvalue weighted by Gasteiger charge is -2.21. The van der Waals surface area contributed by atoms with Crippen LogP contribution in [0.4, 0.5) is 19.2 Å². The molecule has 650 valence electrons. The summed E-state index contributed by atoms with van der Waals surface area (Å²) in [6.07, 6.45) is 0.656. The number of ether oxygens (including phenoxy) is 22. The molecule has 0 unspecified atom stereocenters. The van der Waals surface area contributed by atoms with E-state index in [2.05, 4.69) is 31.9 Å². The average molecular weight is 1620 g/mol. The maximum Gasteiger partial charge on any atom is 0.407 e. The highest BCUT2D eigenvalue weighted by atomic mass is 16.6. The molecule has 0 spiro atoms. The molecule has 0 saturated carbocycles. The quantitative estimate of drug-likeness (QED) is 0.0213. The van der Waals surface area contributed by atoms with Crippen LogP contribution in [0.1, 0.15) is 53.4 Å². The molecule has 0 saturated heterocycles. The molecule has 0 aromatic heterocycles. The van der Waals surface area contributed by atoms with E-state index < -0.39 is 72.0 Å². The van der Waals surface area contributed by atoms with Crippen LogP contribution in [0, 0.1) is 0 Å². The number of hydrogen-bond acceptors (Lipinski definition) is 37. The van der Waals surface area contributed by atoms with Gasteiger partial charge in [-0.2, -0.15) is 0 Å². The Labute approximate surface area is 655 Å². The number of amides is 6. The van der Waals surface area contributed by atoms with Gasteiger partial charge in [-0.1, -0.05) is 27.7 Å². The number of nitrogens with one attached hydrogen (secondary N) is 6. The van der Waals surface area contributed by atoms with E-state index in [0.29, 0.717) is 65.2 Å². The van der Waals surface area contributed by atoms with Crippen molar-refractivity contribution in [3.63, 3.8) is 0 Å². The van der Waals surface area contributed by atoms with Gasteiger partial charge in [-0.15, -0.1) is 0 Å². The highest BCUT2D eigenvalue weighted by Crippen LogP contribution is 1.99. The molecule has 0 aliphatic rings. The Morgan fingerprint density at radius 2 is 0.402 bits per heavy atom. The number of carbonyl (C=O) groups is 12. The maximum atomic E-state index is 12.9. The summed E-state index contributed by atoms with van der Waals surface area (Å²) in [5, 5.41) is 15.6. The smallest absolute Gasteiger partial charge is 0.407 e. The van der Waals surface area contributed by atoms with Gasteiger partial charge in [0.2, 0.25) is 11.8 Å². The van der Waals surface area contributed by atoms with Crippen molar-refractivity contribution in [2.45, 2.75) is 53.4 Å². The average Bonchev–Trinajstić information content (AvgIpc) is 0.956. The van der Waals surface area contributed by atoms with Gasteiger partial charge in [0.1, 0.15) is 79.3 Å². The van der Waals surface area contributed by atoms with Gasteiger partial charge in [-0.3, -0.25) is 24.3 Å².